The smallest absolute Gasteiger partial charge is 0.307 e. The zero-order chi connectivity index (χ0) is 10.7. The highest BCUT2D eigenvalue weighted by Crippen LogP contribution is 2.27. The van der Waals surface area contributed by atoms with Crippen molar-refractivity contribution in [2.24, 2.45) is 0 Å². The molecule has 0 atom stereocenters. The van der Waals surface area contributed by atoms with Crippen molar-refractivity contribution in [3.05, 3.63) is 28.3 Å². The first kappa shape index (κ1) is 10.9. The number of carboxylic acids is 1. The van der Waals surface area contributed by atoms with Gasteiger partial charge >= 0.3 is 5.97 Å². The van der Waals surface area contributed by atoms with Gasteiger partial charge in [0, 0.05) is 4.90 Å². The van der Waals surface area contributed by atoms with Gasteiger partial charge in [-0.25, -0.2) is 0 Å². The summed E-state index contributed by atoms with van der Waals surface area (Å²) in [5.41, 5.74) is 0.802. The first-order chi connectivity index (χ1) is 6.56. The lowest BCUT2D eigenvalue weighted by molar-refractivity contribution is -0.136. The van der Waals surface area contributed by atoms with Gasteiger partial charge in [0.25, 0.3) is 0 Å². The highest BCUT2D eigenvalue weighted by atomic mass is 35.5. The summed E-state index contributed by atoms with van der Waals surface area (Å²) in [5, 5.41) is 17.4. The molecular formula is C9H6ClNO2S. The molecule has 0 saturated heterocycles. The van der Waals surface area contributed by atoms with Gasteiger partial charge in [-0.2, -0.15) is 5.26 Å². The van der Waals surface area contributed by atoms with Gasteiger partial charge < -0.3 is 5.11 Å². The van der Waals surface area contributed by atoms with Crippen LogP contribution in [0.4, 0.5) is 0 Å². The van der Waals surface area contributed by atoms with E-state index >= 15 is 0 Å². The van der Waals surface area contributed by atoms with Gasteiger partial charge in [0.2, 0.25) is 0 Å². The summed E-state index contributed by atoms with van der Waals surface area (Å²) < 4.78 is 0. The van der Waals surface area contributed by atoms with Crippen LogP contribution in [-0.2, 0) is 11.2 Å². The molecule has 0 spiro atoms. The Morgan fingerprint density at radius 2 is 2.29 bits per heavy atom. The molecule has 1 aromatic carbocycles. The molecule has 0 bridgehead atoms. The predicted octanol–water partition coefficient (Wildman–Crippen LogP) is 2.13. The van der Waals surface area contributed by atoms with Crippen molar-refractivity contribution in [1.82, 2.24) is 0 Å². The predicted molar refractivity (Wildman–Crippen MR) is 54.8 cm³/mol. The normalized spacial score (nSPS) is 9.50. The second kappa shape index (κ2) is 4.36. The molecule has 0 heterocycles. The van der Waals surface area contributed by atoms with Gasteiger partial charge in [-0.3, -0.25) is 4.79 Å². The molecule has 0 aliphatic rings. The van der Waals surface area contributed by atoms with Gasteiger partial charge in [-0.05, 0) is 11.6 Å². The summed E-state index contributed by atoms with van der Waals surface area (Å²) in [4.78, 5) is 10.8. The molecule has 72 valence electrons. The Kier molecular flexibility index (Phi) is 3.39. The van der Waals surface area contributed by atoms with Crippen LogP contribution in [-0.4, -0.2) is 11.1 Å². The molecule has 3 nitrogen and oxygen atoms in total. The van der Waals surface area contributed by atoms with Gasteiger partial charge in [-0.1, -0.05) is 17.7 Å². The minimum Gasteiger partial charge on any atom is -0.481 e. The summed E-state index contributed by atoms with van der Waals surface area (Å²) in [6.07, 6.45) is -0.149. The number of hydrogen-bond donors (Lipinski definition) is 2. The Morgan fingerprint density at radius 1 is 1.64 bits per heavy atom. The van der Waals surface area contributed by atoms with Crippen LogP contribution in [0.15, 0.2) is 17.0 Å². The number of nitrogens with zero attached hydrogens (tertiary/aromatic N) is 1. The van der Waals surface area contributed by atoms with Crippen LogP contribution in [0.25, 0.3) is 0 Å². The van der Waals surface area contributed by atoms with E-state index in [-0.39, 0.29) is 11.4 Å². The van der Waals surface area contributed by atoms with Crippen molar-refractivity contribution in [1.29, 1.82) is 5.26 Å². The molecule has 0 aliphatic carbocycles. The third-order valence-electron chi connectivity index (χ3n) is 1.66. The summed E-state index contributed by atoms with van der Waals surface area (Å²) in [6.45, 7) is 0. The van der Waals surface area contributed by atoms with E-state index in [1.807, 2.05) is 6.07 Å². The lowest BCUT2D eigenvalue weighted by atomic mass is 10.1. The highest BCUT2D eigenvalue weighted by molar-refractivity contribution is 7.80. The van der Waals surface area contributed by atoms with Gasteiger partial charge in [0.1, 0.15) is 6.07 Å². The van der Waals surface area contributed by atoms with Gasteiger partial charge in [-0.15, -0.1) is 12.6 Å². The number of carboxylic acid groups (broad SMARTS) is 1. The lowest BCUT2D eigenvalue weighted by Crippen LogP contribution is -2.01. The third-order valence-corrected chi connectivity index (χ3v) is 2.70. The topological polar surface area (TPSA) is 61.1 Å². The Bertz CT molecular complexity index is 426. The first-order valence-electron chi connectivity index (χ1n) is 3.68. The number of thiol groups is 1. The number of halogens is 1. The molecule has 0 unspecified atom stereocenters. The minimum atomic E-state index is -0.957. The summed E-state index contributed by atoms with van der Waals surface area (Å²) >= 11 is 9.85. The van der Waals surface area contributed by atoms with E-state index in [0.29, 0.717) is 16.0 Å². The van der Waals surface area contributed by atoms with Crippen molar-refractivity contribution < 1.29 is 9.90 Å². The number of benzene rings is 1. The van der Waals surface area contributed by atoms with Crippen molar-refractivity contribution in [3.8, 4) is 6.07 Å². The van der Waals surface area contributed by atoms with E-state index in [1.165, 1.54) is 6.07 Å². The monoisotopic (exact) mass is 227 g/mol. The summed E-state index contributed by atoms with van der Waals surface area (Å²) in [6, 6.07) is 4.92. The SMILES string of the molecule is N#Cc1ccc(CC(=O)O)c(S)c1Cl. The number of carbonyl (C=O) groups is 1. The Labute approximate surface area is 91.3 Å². The van der Waals surface area contributed by atoms with Crippen LogP contribution in [0.2, 0.25) is 5.02 Å². The molecule has 0 amide bonds. The molecule has 1 aromatic rings. The second-order valence-corrected chi connectivity index (χ2v) is 3.44. The Morgan fingerprint density at radius 3 is 2.79 bits per heavy atom. The van der Waals surface area contributed by atoms with E-state index in [2.05, 4.69) is 12.6 Å². The maximum absolute atomic E-state index is 10.4. The van der Waals surface area contributed by atoms with Crippen molar-refractivity contribution >= 4 is 30.2 Å². The zero-order valence-corrected chi connectivity index (χ0v) is 8.64. The van der Waals surface area contributed by atoms with Gasteiger partial charge in [0.05, 0.1) is 17.0 Å². The Balaban J connectivity index is 3.18. The molecule has 0 radical (unpaired) electrons. The lowest BCUT2D eigenvalue weighted by Gasteiger charge is -2.04. The number of rotatable bonds is 2. The fourth-order valence-electron chi connectivity index (χ4n) is 0.996. The standard InChI is InChI=1S/C9H6ClNO2S/c10-8-6(4-11)2-1-5(9(8)14)3-7(12)13/h1-2,14H,3H2,(H,12,13). The average Bonchev–Trinajstić information content (AvgIpc) is 2.13. The zero-order valence-electron chi connectivity index (χ0n) is 6.99. The maximum atomic E-state index is 10.4. The van der Waals surface area contributed by atoms with Crippen LogP contribution in [0, 0.1) is 11.3 Å². The number of aliphatic carboxylic acids is 1. The quantitative estimate of drug-likeness (QED) is 0.761. The van der Waals surface area contributed by atoms with Crippen molar-refractivity contribution in [3.63, 3.8) is 0 Å². The maximum Gasteiger partial charge on any atom is 0.307 e. The number of nitriles is 1. The molecule has 1 N–H and O–H groups in total. The highest BCUT2D eigenvalue weighted by Gasteiger charge is 2.10. The van der Waals surface area contributed by atoms with Crippen molar-refractivity contribution in [2.45, 2.75) is 11.3 Å². The number of hydrogen-bond acceptors (Lipinski definition) is 3. The molecule has 1 rings (SSSR count). The van der Waals surface area contributed by atoms with Crippen LogP contribution < -0.4 is 0 Å². The molecule has 14 heavy (non-hydrogen) atoms. The molecule has 0 saturated carbocycles. The fourth-order valence-corrected chi connectivity index (χ4v) is 1.50. The molecular weight excluding hydrogens is 222 g/mol. The third kappa shape index (κ3) is 2.19. The largest absolute Gasteiger partial charge is 0.481 e. The van der Waals surface area contributed by atoms with Crippen LogP contribution >= 0.6 is 24.2 Å². The van der Waals surface area contributed by atoms with Crippen LogP contribution in [0.3, 0.4) is 0 Å². The van der Waals surface area contributed by atoms with Crippen LogP contribution in [0.5, 0.6) is 0 Å². The minimum absolute atomic E-state index is 0.149. The van der Waals surface area contributed by atoms with E-state index in [4.69, 9.17) is 22.0 Å². The fraction of sp³-hybridized carbons (Fsp3) is 0.111. The molecule has 0 aromatic heterocycles. The average molecular weight is 228 g/mol. The first-order valence-corrected chi connectivity index (χ1v) is 4.51. The Hall–Kier alpha value is -1.18. The molecule has 0 aliphatic heterocycles. The molecule has 0 fully saturated rings. The van der Waals surface area contributed by atoms with Gasteiger partial charge in [0.15, 0.2) is 0 Å². The van der Waals surface area contributed by atoms with E-state index in [9.17, 15) is 4.79 Å². The molecule has 5 heteroatoms. The van der Waals surface area contributed by atoms with E-state index in [1.54, 1.807) is 6.07 Å². The van der Waals surface area contributed by atoms with E-state index < -0.39 is 5.97 Å². The van der Waals surface area contributed by atoms with Crippen LogP contribution in [0.1, 0.15) is 11.1 Å². The summed E-state index contributed by atoms with van der Waals surface area (Å²) in [5.74, 6) is -0.957. The second-order valence-electron chi connectivity index (χ2n) is 2.62. The summed E-state index contributed by atoms with van der Waals surface area (Å²) in [7, 11) is 0. The van der Waals surface area contributed by atoms with Crippen molar-refractivity contribution in [2.75, 3.05) is 0 Å². The van der Waals surface area contributed by atoms with E-state index in [0.717, 1.165) is 0 Å².